The van der Waals surface area contributed by atoms with Crippen LogP contribution < -0.4 is 0 Å². The van der Waals surface area contributed by atoms with Crippen LogP contribution in [0.3, 0.4) is 0 Å². The summed E-state index contributed by atoms with van der Waals surface area (Å²) in [6.45, 7) is 5.66. The highest BCUT2D eigenvalue weighted by Crippen LogP contribution is 2.18. The molecular weight excluding hydrogens is 158 g/mol. The fourth-order valence-electron chi connectivity index (χ4n) is 1.59. The molecule has 0 radical (unpaired) electrons. The summed E-state index contributed by atoms with van der Waals surface area (Å²) >= 11 is 0. The summed E-state index contributed by atoms with van der Waals surface area (Å²) < 4.78 is 0. The van der Waals surface area contributed by atoms with E-state index in [-0.39, 0.29) is 0 Å². The van der Waals surface area contributed by atoms with E-state index in [0.29, 0.717) is 0 Å². The predicted molar refractivity (Wildman–Crippen MR) is 56.1 cm³/mol. The molecular formula is C12H13N. The highest BCUT2D eigenvalue weighted by atomic mass is 15.1. The fraction of sp³-hybridized carbons (Fsp3) is 0.167. The average molecular weight is 171 g/mol. The standard InChI is InChI=1S/C12H13N/c1-2-8-13-9-7-11-5-3-4-6-12(11)10-13/h2-7,9H,1,8,10H2. The number of hydrogen-bond donors (Lipinski definition) is 0. The monoisotopic (exact) mass is 171 g/mol. The second-order valence-corrected chi connectivity index (χ2v) is 3.23. The molecule has 1 heterocycles. The van der Waals surface area contributed by atoms with E-state index in [2.05, 4.69) is 48.0 Å². The molecule has 1 aliphatic heterocycles. The van der Waals surface area contributed by atoms with Crippen LogP contribution in [0.15, 0.2) is 43.1 Å². The summed E-state index contributed by atoms with van der Waals surface area (Å²) in [6.07, 6.45) is 6.21. The van der Waals surface area contributed by atoms with Crippen LogP contribution in [0, 0.1) is 0 Å². The van der Waals surface area contributed by atoms with Crippen molar-refractivity contribution in [3.05, 3.63) is 54.2 Å². The summed E-state index contributed by atoms with van der Waals surface area (Å²) in [4.78, 5) is 2.25. The number of fused-ring (bicyclic) bond motifs is 1. The largest absolute Gasteiger partial charge is 0.369 e. The van der Waals surface area contributed by atoms with Crippen molar-refractivity contribution in [2.45, 2.75) is 6.54 Å². The summed E-state index contributed by atoms with van der Waals surface area (Å²) in [7, 11) is 0. The topological polar surface area (TPSA) is 3.24 Å². The normalized spacial score (nSPS) is 14.0. The number of hydrogen-bond acceptors (Lipinski definition) is 1. The van der Waals surface area contributed by atoms with E-state index in [1.807, 2.05) is 6.08 Å². The number of benzene rings is 1. The maximum Gasteiger partial charge on any atom is 0.0433 e. The van der Waals surface area contributed by atoms with Gasteiger partial charge in [0.1, 0.15) is 0 Å². The van der Waals surface area contributed by atoms with Crippen LogP contribution in [-0.2, 0) is 6.54 Å². The number of rotatable bonds is 2. The molecule has 0 fully saturated rings. The van der Waals surface area contributed by atoms with Gasteiger partial charge in [0.15, 0.2) is 0 Å². The van der Waals surface area contributed by atoms with E-state index in [1.165, 1.54) is 11.1 Å². The van der Waals surface area contributed by atoms with Crippen LogP contribution in [0.1, 0.15) is 11.1 Å². The molecule has 1 nitrogen and oxygen atoms in total. The molecule has 0 saturated heterocycles. The predicted octanol–water partition coefficient (Wildman–Crippen LogP) is 2.66. The minimum atomic E-state index is 0.921. The van der Waals surface area contributed by atoms with Crippen molar-refractivity contribution in [2.75, 3.05) is 6.54 Å². The van der Waals surface area contributed by atoms with Crippen LogP contribution in [0.4, 0.5) is 0 Å². The van der Waals surface area contributed by atoms with E-state index < -0.39 is 0 Å². The van der Waals surface area contributed by atoms with Crippen LogP contribution in [-0.4, -0.2) is 11.4 Å². The molecule has 0 bridgehead atoms. The third-order valence-electron chi connectivity index (χ3n) is 2.26. The molecule has 1 aromatic carbocycles. The maximum atomic E-state index is 3.74. The minimum Gasteiger partial charge on any atom is -0.369 e. The van der Waals surface area contributed by atoms with Crippen molar-refractivity contribution >= 4 is 6.08 Å². The molecule has 0 amide bonds. The first kappa shape index (κ1) is 8.11. The average Bonchev–Trinajstić information content (AvgIpc) is 2.18. The quantitative estimate of drug-likeness (QED) is 0.618. The Hall–Kier alpha value is -1.50. The van der Waals surface area contributed by atoms with Crippen LogP contribution in [0.5, 0.6) is 0 Å². The Morgan fingerprint density at radius 2 is 2.23 bits per heavy atom. The third kappa shape index (κ3) is 1.64. The molecule has 0 saturated carbocycles. The summed E-state index contributed by atoms with van der Waals surface area (Å²) in [6, 6.07) is 8.49. The molecule has 2 rings (SSSR count). The Morgan fingerprint density at radius 1 is 1.38 bits per heavy atom. The second kappa shape index (κ2) is 3.48. The molecule has 1 aromatic rings. The minimum absolute atomic E-state index is 0.921. The fourth-order valence-corrected chi connectivity index (χ4v) is 1.59. The van der Waals surface area contributed by atoms with Crippen LogP contribution in [0.2, 0.25) is 0 Å². The molecule has 13 heavy (non-hydrogen) atoms. The van der Waals surface area contributed by atoms with Gasteiger partial charge in [0, 0.05) is 19.3 Å². The highest BCUT2D eigenvalue weighted by Gasteiger charge is 2.07. The maximum absolute atomic E-state index is 3.74. The van der Waals surface area contributed by atoms with Gasteiger partial charge in [-0.25, -0.2) is 0 Å². The second-order valence-electron chi connectivity index (χ2n) is 3.23. The van der Waals surface area contributed by atoms with Gasteiger partial charge in [0.25, 0.3) is 0 Å². The van der Waals surface area contributed by atoms with Crippen LogP contribution in [0.25, 0.3) is 6.08 Å². The molecule has 0 atom stereocenters. The summed E-state index contributed by atoms with van der Waals surface area (Å²) in [5.41, 5.74) is 2.73. The lowest BCUT2D eigenvalue weighted by atomic mass is 10.0. The Morgan fingerprint density at radius 3 is 3.08 bits per heavy atom. The molecule has 0 unspecified atom stereocenters. The molecule has 0 aromatic heterocycles. The van der Waals surface area contributed by atoms with Gasteiger partial charge in [-0.3, -0.25) is 0 Å². The van der Waals surface area contributed by atoms with Gasteiger partial charge in [-0.15, -0.1) is 6.58 Å². The van der Waals surface area contributed by atoms with Gasteiger partial charge >= 0.3 is 0 Å². The Kier molecular flexibility index (Phi) is 2.17. The Bertz CT molecular complexity index is 339. The number of nitrogens with zero attached hydrogens (tertiary/aromatic N) is 1. The zero-order chi connectivity index (χ0) is 9.10. The third-order valence-corrected chi connectivity index (χ3v) is 2.26. The first-order valence-corrected chi connectivity index (χ1v) is 4.51. The van der Waals surface area contributed by atoms with Gasteiger partial charge in [0.05, 0.1) is 0 Å². The molecule has 0 spiro atoms. The first-order valence-electron chi connectivity index (χ1n) is 4.51. The Balaban J connectivity index is 2.23. The first-order chi connectivity index (χ1) is 6.40. The van der Waals surface area contributed by atoms with E-state index in [4.69, 9.17) is 0 Å². The lowest BCUT2D eigenvalue weighted by Gasteiger charge is -2.23. The van der Waals surface area contributed by atoms with Crippen molar-refractivity contribution in [3.63, 3.8) is 0 Å². The highest BCUT2D eigenvalue weighted by molar-refractivity contribution is 5.55. The van der Waals surface area contributed by atoms with Crippen molar-refractivity contribution < 1.29 is 0 Å². The zero-order valence-electron chi connectivity index (χ0n) is 7.61. The van der Waals surface area contributed by atoms with E-state index >= 15 is 0 Å². The summed E-state index contributed by atoms with van der Waals surface area (Å²) in [5, 5.41) is 0. The van der Waals surface area contributed by atoms with Crippen molar-refractivity contribution in [3.8, 4) is 0 Å². The summed E-state index contributed by atoms with van der Waals surface area (Å²) in [5.74, 6) is 0. The van der Waals surface area contributed by atoms with Gasteiger partial charge in [0.2, 0.25) is 0 Å². The van der Waals surface area contributed by atoms with Gasteiger partial charge in [-0.05, 0) is 17.2 Å². The Labute approximate surface area is 79.0 Å². The van der Waals surface area contributed by atoms with Gasteiger partial charge < -0.3 is 4.90 Å². The molecule has 0 aliphatic carbocycles. The van der Waals surface area contributed by atoms with Gasteiger partial charge in [-0.2, -0.15) is 0 Å². The van der Waals surface area contributed by atoms with Crippen molar-refractivity contribution in [2.24, 2.45) is 0 Å². The van der Waals surface area contributed by atoms with Gasteiger partial charge in [-0.1, -0.05) is 30.3 Å². The molecule has 0 N–H and O–H groups in total. The zero-order valence-corrected chi connectivity index (χ0v) is 7.61. The molecule has 1 aliphatic rings. The van der Waals surface area contributed by atoms with E-state index in [1.54, 1.807) is 0 Å². The lowest BCUT2D eigenvalue weighted by Crippen LogP contribution is -2.19. The smallest absolute Gasteiger partial charge is 0.0433 e. The van der Waals surface area contributed by atoms with E-state index in [9.17, 15) is 0 Å². The van der Waals surface area contributed by atoms with Crippen LogP contribution >= 0.6 is 0 Å². The molecule has 66 valence electrons. The lowest BCUT2D eigenvalue weighted by molar-refractivity contribution is 0.407. The SMILES string of the molecule is C=CCN1C=Cc2ccccc2C1. The van der Waals surface area contributed by atoms with Crippen molar-refractivity contribution in [1.29, 1.82) is 0 Å². The molecule has 1 heteroatoms. The van der Waals surface area contributed by atoms with Crippen molar-refractivity contribution in [1.82, 2.24) is 4.90 Å². The van der Waals surface area contributed by atoms with E-state index in [0.717, 1.165) is 13.1 Å².